The minimum Gasteiger partial charge on any atom is -0.464 e. The van der Waals surface area contributed by atoms with Crippen LogP contribution in [0.4, 0.5) is 0 Å². The van der Waals surface area contributed by atoms with Gasteiger partial charge in [0.15, 0.2) is 5.96 Å². The molecule has 1 heterocycles. The summed E-state index contributed by atoms with van der Waals surface area (Å²) in [4.78, 5) is 3.94. The molecule has 0 radical (unpaired) electrons. The van der Waals surface area contributed by atoms with Crippen LogP contribution in [-0.4, -0.2) is 5.96 Å². The van der Waals surface area contributed by atoms with Gasteiger partial charge >= 0.3 is 0 Å². The molecule has 4 nitrogen and oxygen atoms in total. The maximum Gasteiger partial charge on any atom is 0.186 e. The number of aliphatic imine (C=N–C) groups is 1. The van der Waals surface area contributed by atoms with Crippen LogP contribution in [0.15, 0.2) is 21.5 Å². The monoisotopic (exact) mass is 167 g/mol. The molecule has 1 aromatic rings. The smallest absolute Gasteiger partial charge is 0.186 e. The first-order valence-corrected chi connectivity index (χ1v) is 3.74. The van der Waals surface area contributed by atoms with E-state index >= 15 is 0 Å². The van der Waals surface area contributed by atoms with Crippen molar-refractivity contribution in [2.45, 2.75) is 19.9 Å². The lowest BCUT2D eigenvalue weighted by Crippen LogP contribution is -2.23. The summed E-state index contributed by atoms with van der Waals surface area (Å²) < 4.78 is 5.33. The van der Waals surface area contributed by atoms with Crippen molar-refractivity contribution in [2.75, 3.05) is 0 Å². The first kappa shape index (κ1) is 8.64. The number of guanidine groups is 1. The minimum absolute atomic E-state index is 0.0801. The maximum absolute atomic E-state index is 5.33. The van der Waals surface area contributed by atoms with Gasteiger partial charge in [-0.25, -0.2) is 4.99 Å². The van der Waals surface area contributed by atoms with Gasteiger partial charge in [-0.15, -0.1) is 0 Å². The van der Waals surface area contributed by atoms with Gasteiger partial charge in [-0.05, 0) is 26.0 Å². The van der Waals surface area contributed by atoms with E-state index in [1.165, 1.54) is 0 Å². The number of furan rings is 1. The molecule has 0 unspecified atom stereocenters. The Morgan fingerprint density at radius 2 is 2.17 bits per heavy atom. The Kier molecular flexibility index (Phi) is 2.38. The van der Waals surface area contributed by atoms with E-state index < -0.39 is 0 Å². The van der Waals surface area contributed by atoms with Crippen molar-refractivity contribution in [3.8, 4) is 0 Å². The highest BCUT2D eigenvalue weighted by molar-refractivity contribution is 5.75. The molecule has 4 N–H and O–H groups in total. The highest BCUT2D eigenvalue weighted by Crippen LogP contribution is 2.18. The van der Waals surface area contributed by atoms with Crippen LogP contribution in [0.3, 0.4) is 0 Å². The normalized spacial score (nSPS) is 12.5. The third kappa shape index (κ3) is 2.02. The van der Waals surface area contributed by atoms with Crippen molar-refractivity contribution in [1.29, 1.82) is 0 Å². The molecule has 1 aromatic heterocycles. The summed E-state index contributed by atoms with van der Waals surface area (Å²) in [6.07, 6.45) is 0. The van der Waals surface area contributed by atoms with Gasteiger partial charge in [0, 0.05) is 0 Å². The van der Waals surface area contributed by atoms with Crippen LogP contribution < -0.4 is 11.5 Å². The van der Waals surface area contributed by atoms with Crippen molar-refractivity contribution in [3.63, 3.8) is 0 Å². The molecule has 12 heavy (non-hydrogen) atoms. The van der Waals surface area contributed by atoms with Crippen molar-refractivity contribution in [3.05, 3.63) is 23.7 Å². The fourth-order valence-electron chi connectivity index (χ4n) is 0.965. The minimum atomic E-state index is -0.108. The molecule has 0 aliphatic heterocycles. The van der Waals surface area contributed by atoms with Crippen LogP contribution in [0.1, 0.15) is 24.5 Å². The third-order valence-electron chi connectivity index (χ3n) is 1.52. The Bertz CT molecular complexity index is 286. The van der Waals surface area contributed by atoms with E-state index in [9.17, 15) is 0 Å². The van der Waals surface area contributed by atoms with Crippen LogP contribution >= 0.6 is 0 Å². The van der Waals surface area contributed by atoms with Crippen LogP contribution in [0.5, 0.6) is 0 Å². The molecule has 0 bridgehead atoms. The molecule has 0 aliphatic rings. The number of aryl methyl sites for hydroxylation is 1. The predicted molar refractivity (Wildman–Crippen MR) is 47.7 cm³/mol. The van der Waals surface area contributed by atoms with Gasteiger partial charge in [0.1, 0.15) is 17.6 Å². The summed E-state index contributed by atoms with van der Waals surface area (Å²) in [6.45, 7) is 3.75. The molecular weight excluding hydrogens is 154 g/mol. The zero-order valence-corrected chi connectivity index (χ0v) is 7.24. The molecule has 0 aliphatic carbocycles. The molecule has 4 heteroatoms. The topological polar surface area (TPSA) is 77.5 Å². The van der Waals surface area contributed by atoms with Crippen molar-refractivity contribution >= 4 is 5.96 Å². The number of nitrogens with two attached hydrogens (primary N) is 2. The zero-order chi connectivity index (χ0) is 9.14. The van der Waals surface area contributed by atoms with Crippen molar-refractivity contribution in [1.82, 2.24) is 0 Å². The standard InChI is InChI=1S/C8H13N3O/c1-5-3-4-7(12-5)6(2)11-8(9)10/h3-4,6H,1-2H3,(H4,9,10,11)/t6-/m1/s1. The highest BCUT2D eigenvalue weighted by Gasteiger charge is 2.06. The van der Waals surface area contributed by atoms with Gasteiger partial charge in [-0.2, -0.15) is 0 Å². The van der Waals surface area contributed by atoms with Gasteiger partial charge < -0.3 is 15.9 Å². The molecule has 0 spiro atoms. The van der Waals surface area contributed by atoms with Crippen LogP contribution in [0, 0.1) is 6.92 Å². The van der Waals surface area contributed by atoms with E-state index in [0.29, 0.717) is 0 Å². The molecule has 0 saturated carbocycles. The van der Waals surface area contributed by atoms with Gasteiger partial charge in [0.05, 0.1) is 0 Å². The Morgan fingerprint density at radius 3 is 2.58 bits per heavy atom. The third-order valence-corrected chi connectivity index (χ3v) is 1.52. The van der Waals surface area contributed by atoms with Gasteiger partial charge in [-0.3, -0.25) is 0 Å². The summed E-state index contributed by atoms with van der Waals surface area (Å²) in [5.41, 5.74) is 10.4. The van der Waals surface area contributed by atoms with E-state index in [2.05, 4.69) is 4.99 Å². The lowest BCUT2D eigenvalue weighted by molar-refractivity contribution is 0.458. The average Bonchev–Trinajstić information content (AvgIpc) is 2.34. The zero-order valence-electron chi connectivity index (χ0n) is 7.24. The van der Waals surface area contributed by atoms with Crippen LogP contribution in [0.25, 0.3) is 0 Å². The Morgan fingerprint density at radius 1 is 1.50 bits per heavy atom. The van der Waals surface area contributed by atoms with E-state index in [1.54, 1.807) is 0 Å². The van der Waals surface area contributed by atoms with E-state index in [1.807, 2.05) is 26.0 Å². The second kappa shape index (κ2) is 3.30. The molecule has 1 atom stereocenters. The highest BCUT2D eigenvalue weighted by atomic mass is 16.3. The van der Waals surface area contributed by atoms with E-state index in [0.717, 1.165) is 11.5 Å². The van der Waals surface area contributed by atoms with E-state index in [-0.39, 0.29) is 12.0 Å². The molecule has 66 valence electrons. The molecular formula is C8H13N3O. The van der Waals surface area contributed by atoms with Gasteiger partial charge in [0.2, 0.25) is 0 Å². The summed E-state index contributed by atoms with van der Waals surface area (Å²) in [7, 11) is 0. The van der Waals surface area contributed by atoms with Gasteiger partial charge in [-0.1, -0.05) is 0 Å². The number of rotatable bonds is 2. The molecule has 0 amide bonds. The molecule has 0 fully saturated rings. The lowest BCUT2D eigenvalue weighted by Gasteiger charge is -2.01. The number of nitrogens with zero attached hydrogens (tertiary/aromatic N) is 1. The van der Waals surface area contributed by atoms with Gasteiger partial charge in [0.25, 0.3) is 0 Å². The second-order valence-electron chi connectivity index (χ2n) is 2.68. The quantitative estimate of drug-likeness (QED) is 0.508. The van der Waals surface area contributed by atoms with Crippen molar-refractivity contribution < 1.29 is 4.42 Å². The van der Waals surface area contributed by atoms with Crippen LogP contribution in [-0.2, 0) is 0 Å². The summed E-state index contributed by atoms with van der Waals surface area (Å²) >= 11 is 0. The lowest BCUT2D eigenvalue weighted by atomic mass is 10.3. The first-order valence-electron chi connectivity index (χ1n) is 3.74. The maximum atomic E-state index is 5.33. The fourth-order valence-corrected chi connectivity index (χ4v) is 0.965. The fraction of sp³-hybridized carbons (Fsp3) is 0.375. The van der Waals surface area contributed by atoms with Crippen molar-refractivity contribution in [2.24, 2.45) is 16.5 Å². The molecule has 0 saturated heterocycles. The average molecular weight is 167 g/mol. The largest absolute Gasteiger partial charge is 0.464 e. The molecule has 1 rings (SSSR count). The summed E-state index contributed by atoms with van der Waals surface area (Å²) in [5, 5.41) is 0. The Labute approximate surface area is 71.3 Å². The second-order valence-corrected chi connectivity index (χ2v) is 2.68. The first-order chi connectivity index (χ1) is 5.59. The number of hydrogen-bond donors (Lipinski definition) is 2. The summed E-state index contributed by atoms with van der Waals surface area (Å²) in [5.74, 6) is 1.72. The summed E-state index contributed by atoms with van der Waals surface area (Å²) in [6, 6.07) is 3.64. The Balaban J connectivity index is 2.78. The van der Waals surface area contributed by atoms with E-state index in [4.69, 9.17) is 15.9 Å². The van der Waals surface area contributed by atoms with Crippen LogP contribution in [0.2, 0.25) is 0 Å². The number of hydrogen-bond acceptors (Lipinski definition) is 2. The molecule has 0 aromatic carbocycles. The SMILES string of the molecule is Cc1ccc([C@@H](C)N=C(N)N)o1. The Hall–Kier alpha value is -1.45. The predicted octanol–water partition coefficient (Wildman–Crippen LogP) is 0.922.